The largest absolute Gasteiger partial charge is 0.481 e. The van der Waals surface area contributed by atoms with E-state index in [-0.39, 0.29) is 37.8 Å². The van der Waals surface area contributed by atoms with Crippen molar-refractivity contribution in [3.63, 3.8) is 0 Å². The molecule has 0 spiro atoms. The van der Waals surface area contributed by atoms with Gasteiger partial charge in [-0.15, -0.1) is 0 Å². The van der Waals surface area contributed by atoms with Crippen LogP contribution in [0.4, 0.5) is 8.78 Å². The summed E-state index contributed by atoms with van der Waals surface area (Å²) in [5.41, 5.74) is 0.532. The summed E-state index contributed by atoms with van der Waals surface area (Å²) in [6.07, 6.45) is 0.296. The maximum atomic E-state index is 13.1. The van der Waals surface area contributed by atoms with Gasteiger partial charge in [-0.25, -0.2) is 8.78 Å². The highest BCUT2D eigenvalue weighted by Crippen LogP contribution is 2.12. The van der Waals surface area contributed by atoms with Crippen LogP contribution < -0.4 is 0 Å². The van der Waals surface area contributed by atoms with Gasteiger partial charge in [-0.05, 0) is 38.0 Å². The van der Waals surface area contributed by atoms with Crippen molar-refractivity contribution in [1.29, 1.82) is 0 Å². The third-order valence-electron chi connectivity index (χ3n) is 3.12. The Hall–Kier alpha value is -1.98. The Bertz CT molecular complexity index is 518. The number of aliphatic carboxylic acids is 1. The highest BCUT2D eigenvalue weighted by atomic mass is 19.2. The molecule has 0 fully saturated rings. The van der Waals surface area contributed by atoms with Gasteiger partial charge in [-0.3, -0.25) is 9.59 Å². The van der Waals surface area contributed by atoms with Crippen LogP contribution in [0.1, 0.15) is 32.3 Å². The van der Waals surface area contributed by atoms with Crippen molar-refractivity contribution >= 4 is 11.9 Å². The van der Waals surface area contributed by atoms with Crippen molar-refractivity contribution in [2.45, 2.75) is 39.2 Å². The van der Waals surface area contributed by atoms with Crippen LogP contribution >= 0.6 is 0 Å². The molecular weight excluding hydrogens is 280 g/mol. The standard InChI is InChI=1S/C15H19F2NO3/c1-10(2)18(8-7-15(20)21)14(19)6-4-11-3-5-12(16)13(17)9-11/h3,5,9-10H,4,6-8H2,1-2H3,(H,20,21). The summed E-state index contributed by atoms with van der Waals surface area (Å²) in [6, 6.07) is 3.42. The zero-order valence-electron chi connectivity index (χ0n) is 12.1. The molecule has 4 nitrogen and oxygen atoms in total. The Balaban J connectivity index is 2.60. The van der Waals surface area contributed by atoms with Crippen LogP contribution in [0, 0.1) is 11.6 Å². The third-order valence-corrected chi connectivity index (χ3v) is 3.12. The van der Waals surface area contributed by atoms with Gasteiger partial charge in [-0.1, -0.05) is 6.07 Å². The Morgan fingerprint density at radius 2 is 1.86 bits per heavy atom. The van der Waals surface area contributed by atoms with E-state index in [0.29, 0.717) is 5.56 Å². The molecule has 0 radical (unpaired) electrons. The SMILES string of the molecule is CC(C)N(CCC(=O)O)C(=O)CCc1ccc(F)c(F)c1. The van der Waals surface area contributed by atoms with E-state index in [4.69, 9.17) is 5.11 Å². The molecule has 1 aromatic carbocycles. The molecule has 1 rings (SSSR count). The molecule has 0 aliphatic heterocycles. The Morgan fingerprint density at radius 3 is 2.38 bits per heavy atom. The van der Waals surface area contributed by atoms with Crippen LogP contribution in [0.15, 0.2) is 18.2 Å². The summed E-state index contributed by atoms with van der Waals surface area (Å²) in [7, 11) is 0. The normalized spacial score (nSPS) is 10.7. The Morgan fingerprint density at radius 1 is 1.19 bits per heavy atom. The van der Waals surface area contributed by atoms with Crippen LogP contribution in [0.3, 0.4) is 0 Å². The first kappa shape index (κ1) is 17.1. The average Bonchev–Trinajstić information content (AvgIpc) is 2.39. The van der Waals surface area contributed by atoms with Gasteiger partial charge in [0.15, 0.2) is 11.6 Å². The van der Waals surface area contributed by atoms with Crippen LogP contribution in [-0.2, 0) is 16.0 Å². The van der Waals surface area contributed by atoms with Crippen molar-refractivity contribution in [3.8, 4) is 0 Å². The minimum Gasteiger partial charge on any atom is -0.481 e. The number of carbonyl (C=O) groups excluding carboxylic acids is 1. The zero-order chi connectivity index (χ0) is 16.0. The van der Waals surface area contributed by atoms with E-state index in [1.807, 2.05) is 0 Å². The summed E-state index contributed by atoms with van der Waals surface area (Å²) in [5, 5.41) is 8.68. The Kier molecular flexibility index (Phi) is 6.27. The lowest BCUT2D eigenvalue weighted by Gasteiger charge is -2.26. The van der Waals surface area contributed by atoms with Crippen LogP contribution in [0.2, 0.25) is 0 Å². The first-order valence-corrected chi connectivity index (χ1v) is 6.76. The molecule has 0 aliphatic carbocycles. The van der Waals surface area contributed by atoms with Gasteiger partial charge in [0, 0.05) is 19.0 Å². The molecule has 1 aromatic rings. The first-order valence-electron chi connectivity index (χ1n) is 6.76. The smallest absolute Gasteiger partial charge is 0.305 e. The number of hydrogen-bond acceptors (Lipinski definition) is 2. The minimum absolute atomic E-state index is 0.109. The second kappa shape index (κ2) is 7.71. The molecule has 0 aliphatic rings. The maximum Gasteiger partial charge on any atom is 0.305 e. The van der Waals surface area contributed by atoms with Crippen molar-refractivity contribution < 1.29 is 23.5 Å². The summed E-state index contributed by atoms with van der Waals surface area (Å²) in [6.45, 7) is 3.75. The maximum absolute atomic E-state index is 13.1. The molecule has 1 N–H and O–H groups in total. The molecule has 0 saturated heterocycles. The van der Waals surface area contributed by atoms with E-state index >= 15 is 0 Å². The lowest BCUT2D eigenvalue weighted by atomic mass is 10.1. The molecule has 6 heteroatoms. The predicted octanol–water partition coefficient (Wildman–Crippen LogP) is 2.61. The van der Waals surface area contributed by atoms with Gasteiger partial charge in [0.25, 0.3) is 0 Å². The van der Waals surface area contributed by atoms with Crippen LogP contribution in [0.5, 0.6) is 0 Å². The monoisotopic (exact) mass is 299 g/mol. The number of carbonyl (C=O) groups is 2. The summed E-state index contributed by atoms with van der Waals surface area (Å²) in [5.74, 6) is -3.02. The van der Waals surface area contributed by atoms with Crippen LogP contribution in [0.25, 0.3) is 0 Å². The molecule has 0 aromatic heterocycles. The highest BCUT2D eigenvalue weighted by molar-refractivity contribution is 5.77. The van der Waals surface area contributed by atoms with Crippen LogP contribution in [-0.4, -0.2) is 34.5 Å². The molecule has 0 saturated carbocycles. The van der Waals surface area contributed by atoms with Crippen molar-refractivity contribution in [2.75, 3.05) is 6.54 Å². The lowest BCUT2D eigenvalue weighted by Crippen LogP contribution is -2.38. The molecule has 0 heterocycles. The van der Waals surface area contributed by atoms with E-state index in [2.05, 4.69) is 0 Å². The van der Waals surface area contributed by atoms with E-state index in [1.54, 1.807) is 13.8 Å². The molecule has 116 valence electrons. The zero-order valence-corrected chi connectivity index (χ0v) is 12.1. The fraction of sp³-hybridized carbons (Fsp3) is 0.467. The number of nitrogens with zero attached hydrogens (tertiary/aromatic N) is 1. The highest BCUT2D eigenvalue weighted by Gasteiger charge is 2.17. The van der Waals surface area contributed by atoms with Gasteiger partial charge in [0.05, 0.1) is 6.42 Å². The number of carboxylic acid groups (broad SMARTS) is 1. The summed E-state index contributed by atoms with van der Waals surface area (Å²) >= 11 is 0. The van der Waals surface area contributed by atoms with Crippen molar-refractivity contribution in [3.05, 3.63) is 35.4 Å². The minimum atomic E-state index is -0.964. The number of hydrogen-bond donors (Lipinski definition) is 1. The molecule has 1 amide bonds. The van der Waals surface area contributed by atoms with Crippen molar-refractivity contribution in [1.82, 2.24) is 4.90 Å². The second-order valence-corrected chi connectivity index (χ2v) is 5.07. The molecular formula is C15H19F2NO3. The summed E-state index contributed by atoms with van der Waals surface area (Å²) in [4.78, 5) is 24.2. The lowest BCUT2D eigenvalue weighted by molar-refractivity contribution is -0.139. The third kappa shape index (κ3) is 5.49. The second-order valence-electron chi connectivity index (χ2n) is 5.07. The number of rotatable bonds is 7. The number of benzene rings is 1. The first-order chi connectivity index (χ1) is 9.81. The molecule has 0 atom stereocenters. The van der Waals surface area contributed by atoms with Gasteiger partial charge in [0.2, 0.25) is 5.91 Å². The fourth-order valence-corrected chi connectivity index (χ4v) is 1.98. The number of amides is 1. The van der Waals surface area contributed by atoms with E-state index in [0.717, 1.165) is 12.1 Å². The number of carboxylic acids is 1. The van der Waals surface area contributed by atoms with Crippen molar-refractivity contribution in [2.24, 2.45) is 0 Å². The van der Waals surface area contributed by atoms with Gasteiger partial charge in [0.1, 0.15) is 0 Å². The van der Waals surface area contributed by atoms with Gasteiger partial charge in [-0.2, -0.15) is 0 Å². The molecule has 0 unspecified atom stereocenters. The number of aryl methyl sites for hydroxylation is 1. The molecule has 21 heavy (non-hydrogen) atoms. The quantitative estimate of drug-likeness (QED) is 0.842. The topological polar surface area (TPSA) is 57.6 Å². The van der Waals surface area contributed by atoms with Gasteiger partial charge < -0.3 is 10.0 Å². The van der Waals surface area contributed by atoms with E-state index in [1.165, 1.54) is 11.0 Å². The predicted molar refractivity (Wildman–Crippen MR) is 73.8 cm³/mol. The van der Waals surface area contributed by atoms with E-state index < -0.39 is 17.6 Å². The van der Waals surface area contributed by atoms with Gasteiger partial charge >= 0.3 is 5.97 Å². The van der Waals surface area contributed by atoms with E-state index in [9.17, 15) is 18.4 Å². The molecule has 0 bridgehead atoms. The average molecular weight is 299 g/mol. The summed E-state index contributed by atoms with van der Waals surface area (Å²) < 4.78 is 25.9. The number of halogens is 2. The fourth-order valence-electron chi connectivity index (χ4n) is 1.98. The Labute approximate surface area is 122 Å².